The van der Waals surface area contributed by atoms with Gasteiger partial charge in [0.05, 0.1) is 18.6 Å². The van der Waals surface area contributed by atoms with Crippen LogP contribution in [0.2, 0.25) is 0 Å². The number of nitrogens with one attached hydrogen (secondary N) is 1. The molecule has 0 spiro atoms. The molecule has 2 amide bonds. The Labute approximate surface area is 134 Å². The van der Waals surface area contributed by atoms with E-state index in [1.165, 1.54) is 25.3 Å². The molecule has 0 bridgehead atoms. The molecule has 23 heavy (non-hydrogen) atoms. The van der Waals surface area contributed by atoms with Gasteiger partial charge in [-0.15, -0.1) is 0 Å². The number of piperidine rings is 1. The van der Waals surface area contributed by atoms with Gasteiger partial charge in [0.15, 0.2) is 0 Å². The molecule has 0 saturated carbocycles. The van der Waals surface area contributed by atoms with Crippen molar-refractivity contribution in [3.05, 3.63) is 29.6 Å². The monoisotopic (exact) mass is 323 g/mol. The van der Waals surface area contributed by atoms with Gasteiger partial charge < -0.3 is 20.7 Å². The van der Waals surface area contributed by atoms with E-state index in [1.807, 2.05) is 0 Å². The molecule has 1 aliphatic rings. The van der Waals surface area contributed by atoms with E-state index in [9.17, 15) is 14.0 Å². The number of carbonyl (C=O) groups is 2. The third kappa shape index (κ3) is 4.19. The number of benzene rings is 1. The number of rotatable bonds is 5. The molecule has 0 radical (unpaired) electrons. The molecule has 1 aliphatic heterocycles. The second kappa shape index (κ2) is 7.92. The number of hydrogen-bond acceptors (Lipinski definition) is 4. The van der Waals surface area contributed by atoms with E-state index >= 15 is 0 Å². The molecule has 126 valence electrons. The minimum Gasteiger partial charge on any atom is -0.496 e. The molecular weight excluding hydrogens is 301 g/mol. The summed E-state index contributed by atoms with van der Waals surface area (Å²) in [5, 5.41) is 2.75. The second-order valence-corrected chi connectivity index (χ2v) is 5.51. The van der Waals surface area contributed by atoms with Crippen LogP contribution < -0.4 is 15.8 Å². The Morgan fingerprint density at radius 1 is 1.48 bits per heavy atom. The molecule has 6 nitrogen and oxygen atoms in total. The number of likely N-dealkylation sites (tertiary alicyclic amines) is 1. The normalized spacial score (nSPS) is 17.7. The lowest BCUT2D eigenvalue weighted by molar-refractivity contribution is -0.126. The van der Waals surface area contributed by atoms with Crippen molar-refractivity contribution >= 4 is 11.8 Å². The maximum absolute atomic E-state index is 13.5. The summed E-state index contributed by atoms with van der Waals surface area (Å²) in [5.41, 5.74) is 5.55. The van der Waals surface area contributed by atoms with Crippen LogP contribution in [0, 0.1) is 11.7 Å². The maximum atomic E-state index is 13.5. The van der Waals surface area contributed by atoms with Gasteiger partial charge in [-0.2, -0.15) is 0 Å². The Bertz CT molecular complexity index is 580. The van der Waals surface area contributed by atoms with Crippen molar-refractivity contribution in [3.8, 4) is 5.75 Å². The number of nitrogens with zero attached hydrogens (tertiary/aromatic N) is 1. The fraction of sp³-hybridized carbons (Fsp3) is 0.500. The summed E-state index contributed by atoms with van der Waals surface area (Å²) in [4.78, 5) is 26.3. The molecule has 0 aromatic heterocycles. The van der Waals surface area contributed by atoms with E-state index in [-0.39, 0.29) is 23.3 Å². The number of carbonyl (C=O) groups excluding carboxylic acids is 2. The van der Waals surface area contributed by atoms with Crippen LogP contribution in [0.1, 0.15) is 23.2 Å². The standard InChI is InChI=1S/C16H22FN3O3/c1-23-14-5-4-12(17)9-13(14)16(22)20-8-2-3-11(10-20)15(21)19-7-6-18/h4-5,9,11H,2-3,6-8,10,18H2,1H3,(H,19,21). The number of ether oxygens (including phenoxy) is 1. The van der Waals surface area contributed by atoms with Gasteiger partial charge in [0.25, 0.3) is 5.91 Å². The molecule has 2 rings (SSSR count). The summed E-state index contributed by atoms with van der Waals surface area (Å²) in [5.74, 6) is -0.856. The Morgan fingerprint density at radius 2 is 2.26 bits per heavy atom. The maximum Gasteiger partial charge on any atom is 0.257 e. The van der Waals surface area contributed by atoms with Gasteiger partial charge in [0.1, 0.15) is 11.6 Å². The van der Waals surface area contributed by atoms with Crippen LogP contribution in [0.3, 0.4) is 0 Å². The molecule has 1 unspecified atom stereocenters. The minimum absolute atomic E-state index is 0.0980. The minimum atomic E-state index is -0.497. The lowest BCUT2D eigenvalue weighted by Crippen LogP contribution is -2.46. The zero-order chi connectivity index (χ0) is 16.8. The second-order valence-electron chi connectivity index (χ2n) is 5.51. The quantitative estimate of drug-likeness (QED) is 0.838. The Balaban J connectivity index is 2.10. The van der Waals surface area contributed by atoms with Crippen LogP contribution in [0.15, 0.2) is 18.2 Å². The van der Waals surface area contributed by atoms with Gasteiger partial charge in [-0.3, -0.25) is 9.59 Å². The van der Waals surface area contributed by atoms with Crippen LogP contribution in [0.5, 0.6) is 5.75 Å². The van der Waals surface area contributed by atoms with E-state index in [2.05, 4.69) is 5.32 Å². The average molecular weight is 323 g/mol. The van der Waals surface area contributed by atoms with Gasteiger partial charge in [-0.25, -0.2) is 4.39 Å². The summed E-state index contributed by atoms with van der Waals surface area (Å²) in [6.45, 7) is 1.65. The third-order valence-corrected chi connectivity index (χ3v) is 3.91. The van der Waals surface area contributed by atoms with Crippen LogP contribution in [-0.2, 0) is 4.79 Å². The predicted octanol–water partition coefficient (Wildman–Crippen LogP) is 0.761. The smallest absolute Gasteiger partial charge is 0.257 e. The van der Waals surface area contributed by atoms with Crippen molar-refractivity contribution in [2.24, 2.45) is 11.7 Å². The number of hydrogen-bond donors (Lipinski definition) is 2. The zero-order valence-electron chi connectivity index (χ0n) is 13.2. The SMILES string of the molecule is COc1ccc(F)cc1C(=O)N1CCCC(C(=O)NCCN)C1. The van der Waals surface area contributed by atoms with E-state index in [0.29, 0.717) is 31.9 Å². The largest absolute Gasteiger partial charge is 0.496 e. The summed E-state index contributed by atoms with van der Waals surface area (Å²) >= 11 is 0. The fourth-order valence-electron chi connectivity index (χ4n) is 2.73. The van der Waals surface area contributed by atoms with Crippen LogP contribution in [0.4, 0.5) is 4.39 Å². The Kier molecular flexibility index (Phi) is 5.92. The lowest BCUT2D eigenvalue weighted by atomic mass is 9.96. The van der Waals surface area contributed by atoms with Gasteiger partial charge in [-0.1, -0.05) is 0 Å². The van der Waals surface area contributed by atoms with Crippen LogP contribution in [-0.4, -0.2) is 50.0 Å². The highest BCUT2D eigenvalue weighted by Gasteiger charge is 2.30. The van der Waals surface area contributed by atoms with Crippen LogP contribution in [0.25, 0.3) is 0 Å². The van der Waals surface area contributed by atoms with E-state index in [1.54, 1.807) is 4.90 Å². The van der Waals surface area contributed by atoms with Crippen molar-refractivity contribution in [3.63, 3.8) is 0 Å². The zero-order valence-corrected chi connectivity index (χ0v) is 13.2. The Hall–Kier alpha value is -2.15. The molecular formula is C16H22FN3O3. The molecule has 7 heteroatoms. The molecule has 1 aromatic rings. The van der Waals surface area contributed by atoms with Gasteiger partial charge in [0, 0.05) is 26.2 Å². The van der Waals surface area contributed by atoms with Crippen molar-refractivity contribution < 1.29 is 18.7 Å². The molecule has 1 aromatic carbocycles. The summed E-state index contributed by atoms with van der Waals surface area (Å²) in [6, 6.07) is 3.84. The molecule has 1 saturated heterocycles. The topological polar surface area (TPSA) is 84.7 Å². The van der Waals surface area contributed by atoms with E-state index in [4.69, 9.17) is 10.5 Å². The molecule has 3 N–H and O–H groups in total. The molecule has 1 atom stereocenters. The van der Waals surface area contributed by atoms with Crippen LogP contribution >= 0.6 is 0 Å². The van der Waals surface area contributed by atoms with Gasteiger partial charge in [0.2, 0.25) is 5.91 Å². The van der Waals surface area contributed by atoms with Crippen molar-refractivity contribution in [2.75, 3.05) is 33.3 Å². The summed E-state index contributed by atoms with van der Waals surface area (Å²) < 4.78 is 18.6. The average Bonchev–Trinajstić information content (AvgIpc) is 2.59. The highest BCUT2D eigenvalue weighted by atomic mass is 19.1. The number of amides is 2. The number of methoxy groups -OCH3 is 1. The van der Waals surface area contributed by atoms with Crippen molar-refractivity contribution in [1.82, 2.24) is 10.2 Å². The van der Waals surface area contributed by atoms with Gasteiger partial charge in [-0.05, 0) is 31.0 Å². The molecule has 1 heterocycles. The summed E-state index contributed by atoms with van der Waals surface area (Å²) in [7, 11) is 1.43. The fourth-order valence-corrected chi connectivity index (χ4v) is 2.73. The van der Waals surface area contributed by atoms with Gasteiger partial charge >= 0.3 is 0 Å². The summed E-state index contributed by atoms with van der Waals surface area (Å²) in [6.07, 6.45) is 1.45. The highest BCUT2D eigenvalue weighted by Crippen LogP contribution is 2.24. The highest BCUT2D eigenvalue weighted by molar-refractivity contribution is 5.97. The molecule has 1 fully saturated rings. The number of halogens is 1. The first kappa shape index (κ1) is 17.2. The first-order chi connectivity index (χ1) is 11.1. The molecule has 0 aliphatic carbocycles. The van der Waals surface area contributed by atoms with E-state index < -0.39 is 5.82 Å². The Morgan fingerprint density at radius 3 is 2.96 bits per heavy atom. The van der Waals surface area contributed by atoms with Crippen molar-refractivity contribution in [1.29, 1.82) is 0 Å². The predicted molar refractivity (Wildman–Crippen MR) is 83.6 cm³/mol. The van der Waals surface area contributed by atoms with Crippen molar-refractivity contribution in [2.45, 2.75) is 12.8 Å². The first-order valence-electron chi connectivity index (χ1n) is 7.67. The first-order valence-corrected chi connectivity index (χ1v) is 7.67. The van der Waals surface area contributed by atoms with E-state index in [0.717, 1.165) is 12.8 Å². The lowest BCUT2D eigenvalue weighted by Gasteiger charge is -2.32. The number of nitrogens with two attached hydrogens (primary N) is 1. The third-order valence-electron chi connectivity index (χ3n) is 3.91.